The van der Waals surface area contributed by atoms with Crippen molar-refractivity contribution in [3.05, 3.63) is 64.7 Å². The average Bonchev–Trinajstić information content (AvgIpc) is 3.14. The van der Waals surface area contributed by atoms with E-state index in [-0.39, 0.29) is 23.4 Å². The Balaban J connectivity index is 1.54. The van der Waals surface area contributed by atoms with E-state index in [0.29, 0.717) is 41.9 Å². The highest BCUT2D eigenvalue weighted by atomic mass is 19.1. The van der Waals surface area contributed by atoms with Gasteiger partial charge < -0.3 is 20.1 Å². The number of halogens is 1. The number of nitrogens with one attached hydrogen (secondary N) is 2. The molecule has 6 nitrogen and oxygen atoms in total. The standard InChI is InChI=1S/C23H23FN2O4/c1-25-23(28)15-8-13(22(27)26-20-16-10-29-11-17(16)20)7-14-19(12-5-3-2-4-6-12)18(9-24)30-21(14)15/h2-8,16-20H,9-11H2,1H3,(H,25,28)(H,26,27)/t16-,17+,18-,19+,20+/m0/s1. The molecule has 5 rings (SSSR count). The third-order valence-electron chi connectivity index (χ3n) is 6.39. The monoisotopic (exact) mass is 410 g/mol. The zero-order valence-electron chi connectivity index (χ0n) is 16.6. The fourth-order valence-corrected chi connectivity index (χ4v) is 4.73. The molecule has 2 heterocycles. The Morgan fingerprint density at radius 2 is 1.83 bits per heavy atom. The first kappa shape index (κ1) is 19.1. The summed E-state index contributed by atoms with van der Waals surface area (Å²) in [5, 5.41) is 5.65. The molecule has 0 bridgehead atoms. The van der Waals surface area contributed by atoms with Crippen molar-refractivity contribution in [1.29, 1.82) is 0 Å². The first-order chi connectivity index (χ1) is 14.6. The molecular weight excluding hydrogens is 387 g/mol. The molecule has 30 heavy (non-hydrogen) atoms. The summed E-state index contributed by atoms with van der Waals surface area (Å²) in [6.45, 7) is 0.644. The van der Waals surface area contributed by atoms with Crippen LogP contribution in [-0.4, -0.2) is 50.9 Å². The molecule has 2 aromatic carbocycles. The Morgan fingerprint density at radius 3 is 2.50 bits per heavy atom. The van der Waals surface area contributed by atoms with Gasteiger partial charge in [-0.25, -0.2) is 4.39 Å². The van der Waals surface area contributed by atoms with Gasteiger partial charge in [0.25, 0.3) is 11.8 Å². The minimum atomic E-state index is -0.746. The van der Waals surface area contributed by atoms with Gasteiger partial charge in [0.1, 0.15) is 18.5 Å². The second-order valence-corrected chi connectivity index (χ2v) is 8.08. The second kappa shape index (κ2) is 7.40. The van der Waals surface area contributed by atoms with Crippen molar-refractivity contribution in [3.8, 4) is 5.75 Å². The van der Waals surface area contributed by atoms with Crippen LogP contribution in [0.3, 0.4) is 0 Å². The van der Waals surface area contributed by atoms with Crippen LogP contribution in [0, 0.1) is 11.8 Å². The zero-order valence-corrected chi connectivity index (χ0v) is 16.6. The second-order valence-electron chi connectivity index (χ2n) is 8.08. The third kappa shape index (κ3) is 3.04. The molecule has 2 fully saturated rings. The van der Waals surface area contributed by atoms with Crippen molar-refractivity contribution in [2.45, 2.75) is 18.1 Å². The number of carbonyl (C=O) groups excluding carboxylic acids is 2. The summed E-state index contributed by atoms with van der Waals surface area (Å²) in [6.07, 6.45) is -0.746. The lowest BCUT2D eigenvalue weighted by Crippen LogP contribution is -2.30. The Morgan fingerprint density at radius 1 is 1.10 bits per heavy atom. The number of fused-ring (bicyclic) bond motifs is 2. The summed E-state index contributed by atoms with van der Waals surface area (Å²) < 4.78 is 25.1. The van der Waals surface area contributed by atoms with Gasteiger partial charge in [-0.05, 0) is 17.7 Å². The van der Waals surface area contributed by atoms with Gasteiger partial charge in [-0.15, -0.1) is 0 Å². The smallest absolute Gasteiger partial charge is 0.254 e. The number of benzene rings is 2. The van der Waals surface area contributed by atoms with Crippen LogP contribution < -0.4 is 15.4 Å². The first-order valence-corrected chi connectivity index (χ1v) is 10.2. The number of alkyl halides is 1. The molecule has 2 aromatic rings. The molecule has 3 aliphatic rings. The molecule has 2 N–H and O–H groups in total. The van der Waals surface area contributed by atoms with E-state index < -0.39 is 18.7 Å². The van der Waals surface area contributed by atoms with E-state index in [4.69, 9.17) is 9.47 Å². The van der Waals surface area contributed by atoms with E-state index in [9.17, 15) is 14.0 Å². The molecule has 1 saturated carbocycles. The number of ether oxygens (including phenoxy) is 2. The normalized spacial score (nSPS) is 28.3. The average molecular weight is 410 g/mol. The maximum absolute atomic E-state index is 13.9. The Labute approximate surface area is 173 Å². The SMILES string of the molecule is CNC(=O)c1cc(C(=O)N[C@H]2[C@@H]3COC[C@@H]32)cc2c1O[C@@H](CF)[C@@H]2c1ccccc1. The molecule has 2 amide bonds. The summed E-state index contributed by atoms with van der Waals surface area (Å²) >= 11 is 0. The highest BCUT2D eigenvalue weighted by Crippen LogP contribution is 2.46. The van der Waals surface area contributed by atoms with Crippen molar-refractivity contribution >= 4 is 11.8 Å². The lowest BCUT2D eigenvalue weighted by molar-refractivity contribution is 0.0929. The molecule has 7 heteroatoms. The van der Waals surface area contributed by atoms with E-state index in [0.717, 1.165) is 5.56 Å². The molecule has 1 saturated heterocycles. The van der Waals surface area contributed by atoms with Crippen LogP contribution >= 0.6 is 0 Å². The Kier molecular flexibility index (Phi) is 4.70. The van der Waals surface area contributed by atoms with Crippen LogP contribution in [-0.2, 0) is 4.74 Å². The molecule has 1 aliphatic carbocycles. The molecule has 0 aromatic heterocycles. The Hall–Kier alpha value is -2.93. The van der Waals surface area contributed by atoms with Crippen molar-refractivity contribution in [1.82, 2.24) is 10.6 Å². The van der Waals surface area contributed by atoms with Gasteiger partial charge in [-0.3, -0.25) is 9.59 Å². The minimum absolute atomic E-state index is 0.114. The van der Waals surface area contributed by atoms with Crippen molar-refractivity contribution in [2.24, 2.45) is 11.8 Å². The predicted octanol–water partition coefficient (Wildman–Crippen LogP) is 2.28. The number of hydrogen-bond acceptors (Lipinski definition) is 4. The summed E-state index contributed by atoms with van der Waals surface area (Å²) in [7, 11) is 1.52. The summed E-state index contributed by atoms with van der Waals surface area (Å²) in [5.41, 5.74) is 2.17. The molecule has 0 spiro atoms. The molecule has 5 atom stereocenters. The van der Waals surface area contributed by atoms with Crippen LogP contribution in [0.25, 0.3) is 0 Å². The van der Waals surface area contributed by atoms with E-state index in [1.54, 1.807) is 6.07 Å². The predicted molar refractivity (Wildman–Crippen MR) is 108 cm³/mol. The lowest BCUT2D eigenvalue weighted by Gasteiger charge is -2.16. The molecule has 0 unspecified atom stereocenters. The largest absolute Gasteiger partial charge is 0.486 e. The van der Waals surface area contributed by atoms with Crippen molar-refractivity contribution < 1.29 is 23.5 Å². The molecular formula is C23H23FN2O4. The van der Waals surface area contributed by atoms with Gasteiger partial charge in [0, 0.05) is 36.1 Å². The zero-order chi connectivity index (χ0) is 20.8. The van der Waals surface area contributed by atoms with Gasteiger partial charge in [0.15, 0.2) is 0 Å². The summed E-state index contributed by atoms with van der Waals surface area (Å²) in [6, 6.07) is 12.8. The van der Waals surface area contributed by atoms with Gasteiger partial charge in [-0.1, -0.05) is 30.3 Å². The first-order valence-electron chi connectivity index (χ1n) is 10.2. The van der Waals surface area contributed by atoms with Crippen LogP contribution in [0.5, 0.6) is 5.75 Å². The van der Waals surface area contributed by atoms with Crippen LogP contribution in [0.1, 0.15) is 37.8 Å². The maximum atomic E-state index is 13.9. The minimum Gasteiger partial charge on any atom is -0.486 e. The fraction of sp³-hybridized carbons (Fsp3) is 0.391. The van der Waals surface area contributed by atoms with E-state index >= 15 is 0 Å². The molecule has 156 valence electrons. The van der Waals surface area contributed by atoms with Crippen molar-refractivity contribution in [3.63, 3.8) is 0 Å². The quantitative estimate of drug-likeness (QED) is 0.793. The van der Waals surface area contributed by atoms with Gasteiger partial charge in [0.2, 0.25) is 0 Å². The number of hydrogen-bond donors (Lipinski definition) is 2. The number of rotatable bonds is 5. The van der Waals surface area contributed by atoms with Crippen molar-refractivity contribution in [2.75, 3.05) is 26.9 Å². The van der Waals surface area contributed by atoms with Gasteiger partial charge in [-0.2, -0.15) is 0 Å². The van der Waals surface area contributed by atoms with Crippen LogP contribution in [0.4, 0.5) is 4.39 Å². The number of carbonyl (C=O) groups is 2. The third-order valence-corrected chi connectivity index (χ3v) is 6.39. The van der Waals surface area contributed by atoms with E-state index in [1.165, 1.54) is 13.1 Å². The van der Waals surface area contributed by atoms with Crippen LogP contribution in [0.15, 0.2) is 42.5 Å². The number of amides is 2. The highest BCUT2D eigenvalue weighted by molar-refractivity contribution is 6.02. The molecule has 2 aliphatic heterocycles. The maximum Gasteiger partial charge on any atom is 0.254 e. The lowest BCUT2D eigenvalue weighted by atomic mass is 9.86. The van der Waals surface area contributed by atoms with E-state index in [2.05, 4.69) is 10.6 Å². The highest BCUT2D eigenvalue weighted by Gasteiger charge is 2.54. The summed E-state index contributed by atoms with van der Waals surface area (Å²) in [4.78, 5) is 25.5. The van der Waals surface area contributed by atoms with Gasteiger partial charge >= 0.3 is 0 Å². The molecule has 0 radical (unpaired) electrons. The topological polar surface area (TPSA) is 76.7 Å². The van der Waals surface area contributed by atoms with E-state index in [1.807, 2.05) is 30.3 Å². The van der Waals surface area contributed by atoms with Crippen LogP contribution in [0.2, 0.25) is 0 Å². The van der Waals surface area contributed by atoms with Gasteiger partial charge in [0.05, 0.1) is 24.7 Å². The Bertz CT molecular complexity index is 986. The fourth-order valence-electron chi connectivity index (χ4n) is 4.73. The summed E-state index contributed by atoms with van der Waals surface area (Å²) in [5.74, 6) is 0.0909.